The predicted octanol–water partition coefficient (Wildman–Crippen LogP) is 2.84. The molecule has 3 heteroatoms. The quantitative estimate of drug-likeness (QED) is 0.764. The molecule has 0 spiro atoms. The topological polar surface area (TPSA) is 49.3 Å². The molecule has 0 aliphatic carbocycles. The van der Waals surface area contributed by atoms with Crippen LogP contribution in [0, 0.1) is 5.92 Å². The third-order valence-electron chi connectivity index (χ3n) is 2.64. The first kappa shape index (κ1) is 13.7. The van der Waals surface area contributed by atoms with Gasteiger partial charge in [-0.1, -0.05) is 44.2 Å². The normalized spacial score (nSPS) is 12.6. The van der Waals surface area contributed by atoms with Crippen molar-refractivity contribution in [2.75, 3.05) is 6.54 Å². The first-order chi connectivity index (χ1) is 8.09. The van der Waals surface area contributed by atoms with Gasteiger partial charge in [-0.05, 0) is 17.9 Å². The molecule has 0 bridgehead atoms. The lowest BCUT2D eigenvalue weighted by Gasteiger charge is -2.20. The SMILES string of the molecule is CC(C)CC(NCCC(=O)O)c1ccccc1. The zero-order chi connectivity index (χ0) is 12.7. The largest absolute Gasteiger partial charge is 0.481 e. The van der Waals surface area contributed by atoms with Crippen LogP contribution in [0.2, 0.25) is 0 Å². The van der Waals surface area contributed by atoms with Crippen LogP contribution in [0.4, 0.5) is 0 Å². The zero-order valence-electron chi connectivity index (χ0n) is 10.5. The summed E-state index contributed by atoms with van der Waals surface area (Å²) in [7, 11) is 0. The van der Waals surface area contributed by atoms with Crippen LogP contribution in [0.15, 0.2) is 30.3 Å². The molecular weight excluding hydrogens is 214 g/mol. The molecule has 0 aliphatic heterocycles. The van der Waals surface area contributed by atoms with E-state index in [0.29, 0.717) is 12.5 Å². The standard InChI is InChI=1S/C14H21NO2/c1-11(2)10-13(15-9-8-14(16)17)12-6-4-3-5-7-12/h3-7,11,13,15H,8-10H2,1-2H3,(H,16,17). The molecule has 0 amide bonds. The van der Waals surface area contributed by atoms with E-state index in [-0.39, 0.29) is 12.5 Å². The van der Waals surface area contributed by atoms with Gasteiger partial charge in [0, 0.05) is 12.6 Å². The van der Waals surface area contributed by atoms with Gasteiger partial charge in [0.05, 0.1) is 6.42 Å². The number of rotatable bonds is 7. The van der Waals surface area contributed by atoms with Gasteiger partial charge in [-0.15, -0.1) is 0 Å². The maximum Gasteiger partial charge on any atom is 0.304 e. The molecule has 3 nitrogen and oxygen atoms in total. The fourth-order valence-corrected chi connectivity index (χ4v) is 1.85. The second-order valence-electron chi connectivity index (χ2n) is 4.69. The lowest BCUT2D eigenvalue weighted by atomic mass is 9.97. The molecule has 0 saturated carbocycles. The minimum absolute atomic E-state index is 0.168. The summed E-state index contributed by atoms with van der Waals surface area (Å²) in [5.41, 5.74) is 1.23. The van der Waals surface area contributed by atoms with Crippen molar-refractivity contribution < 1.29 is 9.90 Å². The van der Waals surface area contributed by atoms with E-state index in [1.165, 1.54) is 5.56 Å². The Morgan fingerprint density at radius 1 is 1.29 bits per heavy atom. The molecule has 0 heterocycles. The van der Waals surface area contributed by atoms with Crippen molar-refractivity contribution in [2.24, 2.45) is 5.92 Å². The molecule has 1 atom stereocenters. The summed E-state index contributed by atoms with van der Waals surface area (Å²) in [4.78, 5) is 10.5. The monoisotopic (exact) mass is 235 g/mol. The number of carboxylic acids is 1. The first-order valence-electron chi connectivity index (χ1n) is 6.09. The van der Waals surface area contributed by atoms with E-state index in [9.17, 15) is 4.79 Å². The molecule has 1 rings (SSSR count). The van der Waals surface area contributed by atoms with Crippen molar-refractivity contribution in [3.8, 4) is 0 Å². The van der Waals surface area contributed by atoms with Crippen LogP contribution < -0.4 is 5.32 Å². The number of nitrogens with one attached hydrogen (secondary N) is 1. The first-order valence-corrected chi connectivity index (χ1v) is 6.09. The molecule has 1 unspecified atom stereocenters. The lowest BCUT2D eigenvalue weighted by Crippen LogP contribution is -2.25. The van der Waals surface area contributed by atoms with Gasteiger partial charge in [0.1, 0.15) is 0 Å². The van der Waals surface area contributed by atoms with Crippen LogP contribution >= 0.6 is 0 Å². The molecule has 0 fully saturated rings. The second-order valence-corrected chi connectivity index (χ2v) is 4.69. The fraction of sp³-hybridized carbons (Fsp3) is 0.500. The van der Waals surface area contributed by atoms with Crippen LogP contribution in [0.1, 0.15) is 38.3 Å². The average molecular weight is 235 g/mol. The van der Waals surface area contributed by atoms with E-state index < -0.39 is 5.97 Å². The minimum Gasteiger partial charge on any atom is -0.481 e. The molecular formula is C14H21NO2. The highest BCUT2D eigenvalue weighted by molar-refractivity contribution is 5.66. The number of hydrogen-bond donors (Lipinski definition) is 2. The second kappa shape index (κ2) is 7.07. The maximum absolute atomic E-state index is 10.5. The third-order valence-corrected chi connectivity index (χ3v) is 2.64. The highest BCUT2D eigenvalue weighted by atomic mass is 16.4. The third kappa shape index (κ3) is 5.50. The number of hydrogen-bond acceptors (Lipinski definition) is 2. The van der Waals surface area contributed by atoms with Gasteiger partial charge in [0.2, 0.25) is 0 Å². The van der Waals surface area contributed by atoms with Crippen molar-refractivity contribution in [1.82, 2.24) is 5.32 Å². The summed E-state index contributed by atoms with van der Waals surface area (Å²) in [5.74, 6) is -0.175. The van der Waals surface area contributed by atoms with Crippen LogP contribution in [0.3, 0.4) is 0 Å². The van der Waals surface area contributed by atoms with Crippen molar-refractivity contribution in [3.05, 3.63) is 35.9 Å². The van der Waals surface area contributed by atoms with Crippen molar-refractivity contribution >= 4 is 5.97 Å². The Morgan fingerprint density at radius 3 is 2.47 bits per heavy atom. The number of carbonyl (C=O) groups is 1. The Labute approximate surface area is 103 Å². The van der Waals surface area contributed by atoms with E-state index in [1.807, 2.05) is 18.2 Å². The number of benzene rings is 1. The molecule has 0 saturated heterocycles. The van der Waals surface area contributed by atoms with Gasteiger partial charge in [0.25, 0.3) is 0 Å². The summed E-state index contributed by atoms with van der Waals surface area (Å²) in [6, 6.07) is 10.4. The van der Waals surface area contributed by atoms with Gasteiger partial charge in [-0.2, -0.15) is 0 Å². The van der Waals surface area contributed by atoms with E-state index in [2.05, 4.69) is 31.3 Å². The molecule has 0 aliphatic rings. The smallest absolute Gasteiger partial charge is 0.304 e. The predicted molar refractivity (Wildman–Crippen MR) is 68.9 cm³/mol. The van der Waals surface area contributed by atoms with Crippen LogP contribution in [0.5, 0.6) is 0 Å². The molecule has 0 radical (unpaired) electrons. The van der Waals surface area contributed by atoms with E-state index >= 15 is 0 Å². The number of carboxylic acid groups (broad SMARTS) is 1. The van der Waals surface area contributed by atoms with Gasteiger partial charge < -0.3 is 10.4 Å². The highest BCUT2D eigenvalue weighted by Gasteiger charge is 2.12. The highest BCUT2D eigenvalue weighted by Crippen LogP contribution is 2.20. The van der Waals surface area contributed by atoms with Crippen LogP contribution in [-0.2, 0) is 4.79 Å². The fourth-order valence-electron chi connectivity index (χ4n) is 1.85. The molecule has 1 aromatic carbocycles. The van der Waals surface area contributed by atoms with Crippen molar-refractivity contribution in [1.29, 1.82) is 0 Å². The van der Waals surface area contributed by atoms with Crippen LogP contribution in [0.25, 0.3) is 0 Å². The summed E-state index contributed by atoms with van der Waals surface area (Å²) < 4.78 is 0. The lowest BCUT2D eigenvalue weighted by molar-refractivity contribution is -0.136. The average Bonchev–Trinajstić information content (AvgIpc) is 2.28. The van der Waals surface area contributed by atoms with Gasteiger partial charge >= 0.3 is 5.97 Å². The maximum atomic E-state index is 10.5. The summed E-state index contributed by atoms with van der Waals surface area (Å²) >= 11 is 0. The van der Waals surface area contributed by atoms with E-state index in [1.54, 1.807) is 0 Å². The van der Waals surface area contributed by atoms with Gasteiger partial charge in [-0.25, -0.2) is 0 Å². The molecule has 94 valence electrons. The zero-order valence-corrected chi connectivity index (χ0v) is 10.5. The number of aliphatic carboxylic acids is 1. The Hall–Kier alpha value is -1.35. The Bertz CT molecular complexity index is 335. The minimum atomic E-state index is -0.756. The van der Waals surface area contributed by atoms with Crippen molar-refractivity contribution in [3.63, 3.8) is 0 Å². The summed E-state index contributed by atoms with van der Waals surface area (Å²) in [6.07, 6.45) is 1.19. The van der Waals surface area contributed by atoms with Gasteiger partial charge in [0.15, 0.2) is 0 Å². The summed E-state index contributed by atoms with van der Waals surface area (Å²) in [6.45, 7) is 4.87. The van der Waals surface area contributed by atoms with Crippen LogP contribution in [-0.4, -0.2) is 17.6 Å². The van der Waals surface area contributed by atoms with Gasteiger partial charge in [-0.3, -0.25) is 4.79 Å². The molecule has 2 N–H and O–H groups in total. The Kier molecular flexibility index (Phi) is 5.70. The van der Waals surface area contributed by atoms with Crippen molar-refractivity contribution in [2.45, 2.75) is 32.7 Å². The Balaban J connectivity index is 2.58. The molecule has 17 heavy (non-hydrogen) atoms. The molecule has 1 aromatic rings. The molecule has 0 aromatic heterocycles. The Morgan fingerprint density at radius 2 is 1.94 bits per heavy atom. The summed E-state index contributed by atoms with van der Waals surface area (Å²) in [5, 5.41) is 12.0. The van der Waals surface area contributed by atoms with E-state index in [0.717, 1.165) is 6.42 Å². The van der Waals surface area contributed by atoms with E-state index in [4.69, 9.17) is 5.11 Å².